The molecule has 0 unspecified atom stereocenters. The Morgan fingerprint density at radius 1 is 0.931 bits per heavy atom. The van der Waals surface area contributed by atoms with Gasteiger partial charge in [-0.25, -0.2) is 0 Å². The number of carbonyl (C=O) groups is 2. The molecule has 1 aliphatic rings. The van der Waals surface area contributed by atoms with Crippen molar-refractivity contribution in [2.75, 3.05) is 44.5 Å². The van der Waals surface area contributed by atoms with Gasteiger partial charge in [0.25, 0.3) is 5.91 Å². The van der Waals surface area contributed by atoms with Crippen molar-refractivity contribution in [1.82, 2.24) is 0 Å². The molecule has 1 heterocycles. The summed E-state index contributed by atoms with van der Waals surface area (Å²) >= 11 is 0. The van der Waals surface area contributed by atoms with Gasteiger partial charge in [0.1, 0.15) is 0 Å². The van der Waals surface area contributed by atoms with Crippen LogP contribution in [0.3, 0.4) is 0 Å². The number of para-hydroxylation sites is 1. The summed E-state index contributed by atoms with van der Waals surface area (Å²) in [6.45, 7) is 1.97. The minimum Gasteiger partial charge on any atom is -0.493 e. The van der Waals surface area contributed by atoms with Gasteiger partial charge in [0.15, 0.2) is 18.0 Å². The standard InChI is InChI=1S/C22H27N3O4/c1-28-19-9-8-18(14-20(19)29-2)23-21(26)15-25-12-10-16(11-13-25)22(27)24-17-6-4-3-5-7-17/h3-9,14,16H,10-13,15H2,1-2H3,(H,23,26)(H,24,27)/p+1. The second-order valence-electron chi connectivity index (χ2n) is 7.17. The number of piperidine rings is 1. The Kier molecular flexibility index (Phi) is 7.08. The van der Waals surface area contributed by atoms with Crippen molar-refractivity contribution in [2.45, 2.75) is 12.8 Å². The van der Waals surface area contributed by atoms with Crippen molar-refractivity contribution in [2.24, 2.45) is 5.92 Å². The Hall–Kier alpha value is -3.06. The van der Waals surface area contributed by atoms with Crippen LogP contribution in [0.4, 0.5) is 11.4 Å². The second-order valence-corrected chi connectivity index (χ2v) is 7.17. The Labute approximate surface area is 171 Å². The molecule has 3 rings (SSSR count). The molecule has 29 heavy (non-hydrogen) atoms. The summed E-state index contributed by atoms with van der Waals surface area (Å²) in [5.74, 6) is 1.19. The fourth-order valence-electron chi connectivity index (χ4n) is 3.58. The molecular weight excluding hydrogens is 370 g/mol. The first-order valence-corrected chi connectivity index (χ1v) is 9.80. The number of likely N-dealkylation sites (tertiary alicyclic amines) is 1. The van der Waals surface area contributed by atoms with E-state index in [-0.39, 0.29) is 17.7 Å². The maximum atomic E-state index is 12.4. The first kappa shape index (κ1) is 20.7. The van der Waals surface area contributed by atoms with Crippen molar-refractivity contribution in [1.29, 1.82) is 0 Å². The summed E-state index contributed by atoms with van der Waals surface area (Å²) in [6, 6.07) is 14.8. The number of anilines is 2. The van der Waals surface area contributed by atoms with E-state index in [2.05, 4.69) is 10.6 Å². The highest BCUT2D eigenvalue weighted by atomic mass is 16.5. The van der Waals surface area contributed by atoms with Gasteiger partial charge in [-0.1, -0.05) is 18.2 Å². The lowest BCUT2D eigenvalue weighted by atomic mass is 9.96. The number of carbonyl (C=O) groups excluding carboxylic acids is 2. The van der Waals surface area contributed by atoms with Gasteiger partial charge < -0.3 is 25.0 Å². The van der Waals surface area contributed by atoms with E-state index in [1.165, 1.54) is 4.90 Å². The third-order valence-electron chi connectivity index (χ3n) is 5.18. The van der Waals surface area contributed by atoms with Crippen molar-refractivity contribution < 1.29 is 24.0 Å². The Bertz CT molecular complexity index is 833. The van der Waals surface area contributed by atoms with E-state index in [1.807, 2.05) is 30.3 Å². The third-order valence-corrected chi connectivity index (χ3v) is 5.18. The van der Waals surface area contributed by atoms with Gasteiger partial charge >= 0.3 is 0 Å². The number of ether oxygens (including phenoxy) is 2. The van der Waals surface area contributed by atoms with Gasteiger partial charge in [-0.05, 0) is 24.3 Å². The second kappa shape index (κ2) is 9.93. The Balaban J connectivity index is 1.45. The topological polar surface area (TPSA) is 81.1 Å². The molecule has 1 fully saturated rings. The summed E-state index contributed by atoms with van der Waals surface area (Å²) in [6.07, 6.45) is 1.55. The number of hydrogen-bond acceptors (Lipinski definition) is 4. The van der Waals surface area contributed by atoms with Crippen LogP contribution in [-0.2, 0) is 9.59 Å². The van der Waals surface area contributed by atoms with Gasteiger partial charge in [-0.15, -0.1) is 0 Å². The van der Waals surface area contributed by atoms with Crippen LogP contribution in [0.1, 0.15) is 12.8 Å². The fraction of sp³-hybridized carbons (Fsp3) is 0.364. The van der Waals surface area contributed by atoms with E-state index in [4.69, 9.17) is 9.47 Å². The summed E-state index contributed by atoms with van der Waals surface area (Å²) in [5, 5.41) is 5.88. The highest BCUT2D eigenvalue weighted by Crippen LogP contribution is 2.29. The van der Waals surface area contributed by atoms with Crippen LogP contribution in [0.15, 0.2) is 48.5 Å². The van der Waals surface area contributed by atoms with Crippen LogP contribution < -0.4 is 25.0 Å². The first-order valence-electron chi connectivity index (χ1n) is 9.80. The van der Waals surface area contributed by atoms with E-state index < -0.39 is 0 Å². The maximum Gasteiger partial charge on any atom is 0.279 e. The molecule has 2 aromatic carbocycles. The number of quaternary nitrogens is 1. The molecule has 0 radical (unpaired) electrons. The lowest BCUT2D eigenvalue weighted by Crippen LogP contribution is -3.14. The number of amides is 2. The molecular formula is C22H28N3O4+. The smallest absolute Gasteiger partial charge is 0.279 e. The van der Waals surface area contributed by atoms with Crippen LogP contribution in [0.2, 0.25) is 0 Å². The minimum atomic E-state index is -0.0561. The SMILES string of the molecule is COc1ccc(NC(=O)C[NH+]2CCC(C(=O)Nc3ccccc3)CC2)cc1OC. The molecule has 3 N–H and O–H groups in total. The maximum absolute atomic E-state index is 12.4. The van der Waals surface area contributed by atoms with Crippen molar-refractivity contribution in [3.05, 3.63) is 48.5 Å². The molecule has 7 nitrogen and oxygen atoms in total. The van der Waals surface area contributed by atoms with E-state index in [1.54, 1.807) is 32.4 Å². The number of hydrogen-bond donors (Lipinski definition) is 3. The summed E-state index contributed by atoms with van der Waals surface area (Å²) in [7, 11) is 3.13. The zero-order chi connectivity index (χ0) is 20.6. The summed E-state index contributed by atoms with van der Waals surface area (Å²) < 4.78 is 10.5. The predicted molar refractivity (Wildman–Crippen MR) is 112 cm³/mol. The highest BCUT2D eigenvalue weighted by Gasteiger charge is 2.28. The highest BCUT2D eigenvalue weighted by molar-refractivity contribution is 5.93. The van der Waals surface area contributed by atoms with Crippen LogP contribution in [0, 0.1) is 5.92 Å². The van der Waals surface area contributed by atoms with Crippen LogP contribution in [0.5, 0.6) is 11.5 Å². The van der Waals surface area contributed by atoms with Crippen LogP contribution in [0.25, 0.3) is 0 Å². The van der Waals surface area contributed by atoms with Gasteiger partial charge in [-0.3, -0.25) is 9.59 Å². The lowest BCUT2D eigenvalue weighted by Gasteiger charge is -2.28. The van der Waals surface area contributed by atoms with Gasteiger partial charge in [0.2, 0.25) is 5.91 Å². The third kappa shape index (κ3) is 5.71. The molecule has 2 amide bonds. The van der Waals surface area contributed by atoms with Gasteiger partial charge in [-0.2, -0.15) is 0 Å². The molecule has 0 spiro atoms. The molecule has 2 aromatic rings. The fourth-order valence-corrected chi connectivity index (χ4v) is 3.58. The lowest BCUT2D eigenvalue weighted by molar-refractivity contribution is -0.897. The molecule has 154 valence electrons. The zero-order valence-corrected chi connectivity index (χ0v) is 16.9. The predicted octanol–water partition coefficient (Wildman–Crippen LogP) is 1.58. The van der Waals surface area contributed by atoms with Crippen molar-refractivity contribution in [3.8, 4) is 11.5 Å². The molecule has 0 aliphatic carbocycles. The average Bonchev–Trinajstić information content (AvgIpc) is 2.74. The number of benzene rings is 2. The largest absolute Gasteiger partial charge is 0.493 e. The number of rotatable bonds is 7. The van der Waals surface area contributed by atoms with Gasteiger partial charge in [0, 0.05) is 36.2 Å². The van der Waals surface area contributed by atoms with Crippen molar-refractivity contribution in [3.63, 3.8) is 0 Å². The average molecular weight is 398 g/mol. The quantitative estimate of drug-likeness (QED) is 0.662. The molecule has 0 bridgehead atoms. The van der Waals surface area contributed by atoms with Gasteiger partial charge in [0.05, 0.1) is 27.3 Å². The number of nitrogens with one attached hydrogen (secondary N) is 3. The monoisotopic (exact) mass is 398 g/mol. The van der Waals surface area contributed by atoms with E-state index in [0.29, 0.717) is 23.7 Å². The molecule has 0 aromatic heterocycles. The minimum absolute atomic E-state index is 0.00660. The Morgan fingerprint density at radius 3 is 2.28 bits per heavy atom. The number of methoxy groups -OCH3 is 2. The van der Waals surface area contributed by atoms with E-state index >= 15 is 0 Å². The Morgan fingerprint density at radius 2 is 1.62 bits per heavy atom. The molecule has 1 saturated heterocycles. The first-order chi connectivity index (χ1) is 14.1. The van der Waals surface area contributed by atoms with Crippen molar-refractivity contribution >= 4 is 23.2 Å². The normalized spacial score (nSPS) is 18.6. The summed E-state index contributed by atoms with van der Waals surface area (Å²) in [4.78, 5) is 26.0. The van der Waals surface area contributed by atoms with Crippen LogP contribution >= 0.6 is 0 Å². The molecule has 7 heteroatoms. The molecule has 0 atom stereocenters. The van der Waals surface area contributed by atoms with E-state index in [9.17, 15) is 9.59 Å². The van der Waals surface area contributed by atoms with E-state index in [0.717, 1.165) is 31.6 Å². The molecule has 1 aliphatic heterocycles. The van der Waals surface area contributed by atoms with Crippen LogP contribution in [-0.4, -0.2) is 45.7 Å². The summed E-state index contributed by atoms with van der Waals surface area (Å²) in [5.41, 5.74) is 1.49. The molecule has 0 saturated carbocycles. The zero-order valence-electron chi connectivity index (χ0n) is 16.9.